The highest BCUT2D eigenvalue weighted by Gasteiger charge is 2.33. The van der Waals surface area contributed by atoms with Crippen molar-refractivity contribution < 1.29 is 5.11 Å². The van der Waals surface area contributed by atoms with Gasteiger partial charge >= 0.3 is 0 Å². The van der Waals surface area contributed by atoms with E-state index in [1.165, 1.54) is 22.3 Å². The average molecular weight is 456 g/mol. The zero-order valence-corrected chi connectivity index (χ0v) is 20.0. The van der Waals surface area contributed by atoms with Gasteiger partial charge in [-0.15, -0.1) is 0 Å². The molecule has 1 atom stereocenters. The first-order valence-electron chi connectivity index (χ1n) is 11.5. The molecule has 0 radical (unpaired) electrons. The molecule has 0 bridgehead atoms. The minimum absolute atomic E-state index is 0.0325. The van der Waals surface area contributed by atoms with Gasteiger partial charge in [-0.05, 0) is 78.5 Å². The van der Waals surface area contributed by atoms with Gasteiger partial charge in [0, 0.05) is 28.8 Å². The lowest BCUT2D eigenvalue weighted by molar-refractivity contribution is 0.339. The molecular weight excluding hydrogens is 426 g/mol. The summed E-state index contributed by atoms with van der Waals surface area (Å²) in [7, 11) is 0. The first kappa shape index (κ1) is 21.5. The van der Waals surface area contributed by atoms with Crippen LogP contribution < -0.4 is 5.32 Å². The van der Waals surface area contributed by atoms with Crippen molar-refractivity contribution >= 4 is 33.9 Å². The highest BCUT2D eigenvalue weighted by molar-refractivity contribution is 7.80. The van der Waals surface area contributed by atoms with Crippen molar-refractivity contribution in [1.29, 1.82) is 0 Å². The van der Waals surface area contributed by atoms with Crippen LogP contribution in [-0.4, -0.2) is 26.6 Å². The standard InChI is InChI=1S/C28H29N3OS/c1-17(2)19-6-8-20(9-7-19)27-26-23(24-16-22(32)12-13-25(24)30-26)14-15-31(27)28(33)29-21-10-4-18(3)5-11-21/h4-13,16-17,27,30,32H,14-15H2,1-3H3,(H,29,33). The third kappa shape index (κ3) is 4.09. The number of thiocarbonyl (C=S) groups is 1. The summed E-state index contributed by atoms with van der Waals surface area (Å²) in [6.07, 6.45) is 0.856. The molecule has 0 fully saturated rings. The number of nitrogens with zero attached hydrogens (tertiary/aromatic N) is 1. The maximum Gasteiger partial charge on any atom is 0.174 e. The number of fused-ring (bicyclic) bond motifs is 3. The summed E-state index contributed by atoms with van der Waals surface area (Å²) in [4.78, 5) is 5.92. The molecule has 5 heteroatoms. The third-order valence-electron chi connectivity index (χ3n) is 6.59. The zero-order valence-electron chi connectivity index (χ0n) is 19.2. The van der Waals surface area contributed by atoms with Crippen molar-refractivity contribution in [2.45, 2.75) is 39.2 Å². The SMILES string of the molecule is Cc1ccc(NC(=S)N2CCc3c([nH]c4ccc(O)cc34)C2c2ccc(C(C)C)cc2)cc1. The summed E-state index contributed by atoms with van der Waals surface area (Å²) in [5.41, 5.74) is 8.18. The lowest BCUT2D eigenvalue weighted by Crippen LogP contribution is -2.42. The summed E-state index contributed by atoms with van der Waals surface area (Å²) in [5.74, 6) is 0.776. The maximum atomic E-state index is 10.1. The molecule has 4 nitrogen and oxygen atoms in total. The molecule has 0 saturated heterocycles. The molecule has 1 unspecified atom stereocenters. The number of benzene rings is 3. The Kier molecular flexibility index (Phi) is 5.59. The number of hydrogen-bond donors (Lipinski definition) is 3. The number of aromatic amines is 1. The molecule has 168 valence electrons. The van der Waals surface area contributed by atoms with E-state index in [0.29, 0.717) is 16.8 Å². The van der Waals surface area contributed by atoms with E-state index >= 15 is 0 Å². The Morgan fingerprint density at radius 1 is 1.06 bits per heavy atom. The van der Waals surface area contributed by atoms with Crippen molar-refractivity contribution in [3.63, 3.8) is 0 Å². The fourth-order valence-corrected chi connectivity index (χ4v) is 5.05. The lowest BCUT2D eigenvalue weighted by atomic mass is 9.91. The normalized spacial score (nSPS) is 15.6. The molecule has 0 saturated carbocycles. The molecule has 4 aromatic rings. The second-order valence-corrected chi connectivity index (χ2v) is 9.60. The van der Waals surface area contributed by atoms with Crippen LogP contribution in [0.3, 0.4) is 0 Å². The fraction of sp³-hybridized carbons (Fsp3) is 0.250. The first-order valence-corrected chi connectivity index (χ1v) is 11.9. The molecule has 2 heterocycles. The average Bonchev–Trinajstić information content (AvgIpc) is 3.17. The van der Waals surface area contributed by atoms with Gasteiger partial charge in [0.1, 0.15) is 5.75 Å². The Morgan fingerprint density at radius 2 is 1.79 bits per heavy atom. The highest BCUT2D eigenvalue weighted by Crippen LogP contribution is 2.40. The van der Waals surface area contributed by atoms with E-state index in [9.17, 15) is 5.11 Å². The summed E-state index contributed by atoms with van der Waals surface area (Å²) >= 11 is 5.92. The number of anilines is 1. The van der Waals surface area contributed by atoms with Crippen LogP contribution in [0.4, 0.5) is 5.69 Å². The minimum Gasteiger partial charge on any atom is -0.508 e. The lowest BCUT2D eigenvalue weighted by Gasteiger charge is -2.38. The summed E-state index contributed by atoms with van der Waals surface area (Å²) < 4.78 is 0. The molecule has 1 aliphatic heterocycles. The van der Waals surface area contributed by atoms with Crippen LogP contribution in [-0.2, 0) is 6.42 Å². The quantitative estimate of drug-likeness (QED) is 0.303. The monoisotopic (exact) mass is 455 g/mol. The second-order valence-electron chi connectivity index (χ2n) is 9.21. The Morgan fingerprint density at radius 3 is 2.48 bits per heavy atom. The van der Waals surface area contributed by atoms with Crippen LogP contribution in [0.5, 0.6) is 5.75 Å². The molecule has 3 aromatic carbocycles. The number of aromatic nitrogens is 1. The van der Waals surface area contributed by atoms with Gasteiger partial charge in [-0.25, -0.2) is 0 Å². The molecule has 0 aliphatic carbocycles. The van der Waals surface area contributed by atoms with Gasteiger partial charge in [-0.3, -0.25) is 0 Å². The van der Waals surface area contributed by atoms with Crippen LogP contribution in [0.2, 0.25) is 0 Å². The maximum absolute atomic E-state index is 10.1. The number of aromatic hydroxyl groups is 1. The highest BCUT2D eigenvalue weighted by atomic mass is 32.1. The van der Waals surface area contributed by atoms with Gasteiger partial charge in [0.15, 0.2) is 5.11 Å². The van der Waals surface area contributed by atoms with Crippen LogP contribution in [0.1, 0.15) is 53.8 Å². The number of phenols is 1. The van der Waals surface area contributed by atoms with E-state index in [2.05, 4.69) is 84.5 Å². The smallest absolute Gasteiger partial charge is 0.174 e. The Bertz CT molecular complexity index is 1310. The molecule has 0 amide bonds. The van der Waals surface area contributed by atoms with Gasteiger partial charge in [0.25, 0.3) is 0 Å². The number of phenolic OH excluding ortho intramolecular Hbond substituents is 1. The van der Waals surface area contributed by atoms with E-state index < -0.39 is 0 Å². The van der Waals surface area contributed by atoms with Crippen molar-refractivity contribution in [1.82, 2.24) is 9.88 Å². The van der Waals surface area contributed by atoms with Crippen LogP contribution in [0.15, 0.2) is 66.7 Å². The number of aryl methyl sites for hydroxylation is 1. The molecule has 5 rings (SSSR count). The third-order valence-corrected chi connectivity index (χ3v) is 6.93. The second kappa shape index (κ2) is 8.56. The minimum atomic E-state index is -0.0325. The largest absolute Gasteiger partial charge is 0.508 e. The van der Waals surface area contributed by atoms with Crippen molar-refractivity contribution in [3.8, 4) is 5.75 Å². The summed E-state index contributed by atoms with van der Waals surface area (Å²) in [6, 6.07) is 22.7. The van der Waals surface area contributed by atoms with E-state index in [0.717, 1.165) is 35.2 Å². The Hall–Kier alpha value is -3.31. The zero-order chi connectivity index (χ0) is 23.1. The van der Waals surface area contributed by atoms with Crippen molar-refractivity contribution in [2.24, 2.45) is 0 Å². The number of nitrogens with one attached hydrogen (secondary N) is 2. The molecular formula is C28H29N3OS. The van der Waals surface area contributed by atoms with E-state index in [-0.39, 0.29) is 6.04 Å². The van der Waals surface area contributed by atoms with Crippen LogP contribution >= 0.6 is 12.2 Å². The van der Waals surface area contributed by atoms with Crippen molar-refractivity contribution in [2.75, 3.05) is 11.9 Å². The van der Waals surface area contributed by atoms with E-state index in [1.54, 1.807) is 6.07 Å². The van der Waals surface area contributed by atoms with E-state index in [4.69, 9.17) is 12.2 Å². The predicted octanol–water partition coefficient (Wildman–Crippen LogP) is 6.65. The van der Waals surface area contributed by atoms with Crippen molar-refractivity contribution in [3.05, 3.63) is 94.7 Å². The van der Waals surface area contributed by atoms with Gasteiger partial charge in [0.05, 0.1) is 6.04 Å². The van der Waals surface area contributed by atoms with E-state index in [1.807, 2.05) is 12.1 Å². The van der Waals surface area contributed by atoms with Gasteiger partial charge in [-0.1, -0.05) is 55.8 Å². The molecule has 1 aliphatic rings. The van der Waals surface area contributed by atoms with Gasteiger partial charge in [-0.2, -0.15) is 0 Å². The number of H-pyrrole nitrogens is 1. The van der Waals surface area contributed by atoms with Crippen LogP contribution in [0.25, 0.3) is 10.9 Å². The number of hydrogen-bond acceptors (Lipinski definition) is 2. The number of rotatable bonds is 3. The van der Waals surface area contributed by atoms with Gasteiger partial charge in [0.2, 0.25) is 0 Å². The summed E-state index contributed by atoms with van der Waals surface area (Å²) in [6.45, 7) is 7.30. The molecule has 1 aromatic heterocycles. The van der Waals surface area contributed by atoms with Crippen LogP contribution in [0, 0.1) is 6.92 Å². The summed E-state index contributed by atoms with van der Waals surface area (Å²) in [5, 5.41) is 15.3. The predicted molar refractivity (Wildman–Crippen MR) is 140 cm³/mol. The van der Waals surface area contributed by atoms with Gasteiger partial charge < -0.3 is 20.3 Å². The molecule has 0 spiro atoms. The Balaban J connectivity index is 1.57. The molecule has 33 heavy (non-hydrogen) atoms. The first-order chi connectivity index (χ1) is 15.9. The fourth-order valence-electron chi connectivity index (χ4n) is 4.74. The Labute approximate surface area is 200 Å². The topological polar surface area (TPSA) is 51.3 Å². The molecule has 3 N–H and O–H groups in total.